The quantitative estimate of drug-likeness (QED) is 0.506. The summed E-state index contributed by atoms with van der Waals surface area (Å²) in [6.45, 7) is 2.25. The van der Waals surface area contributed by atoms with Crippen LogP contribution < -0.4 is 14.8 Å². The van der Waals surface area contributed by atoms with Gasteiger partial charge in [-0.3, -0.25) is 4.79 Å². The highest BCUT2D eigenvalue weighted by Crippen LogP contribution is 2.34. The molecular formula is C22H23FN2O3S2. The number of amides is 1. The van der Waals surface area contributed by atoms with E-state index in [-0.39, 0.29) is 17.0 Å². The number of methoxy groups -OCH3 is 2. The number of carbonyl (C=O) groups is 1. The second-order valence-electron chi connectivity index (χ2n) is 6.51. The molecule has 1 atom stereocenters. The Labute approximate surface area is 183 Å². The molecule has 1 heterocycles. The first kappa shape index (κ1) is 22.1. The first-order valence-corrected chi connectivity index (χ1v) is 11.2. The maximum absolute atomic E-state index is 12.9. The molecule has 5 nitrogen and oxygen atoms in total. The second-order valence-corrected chi connectivity index (χ2v) is 8.70. The molecule has 8 heteroatoms. The SMILES string of the molecule is COc1ccc(-c2nc(CSC(C)C(=O)NCc3ccc(F)cc3)cs2)cc1OC. The van der Waals surface area contributed by atoms with Crippen molar-refractivity contribution >= 4 is 29.0 Å². The van der Waals surface area contributed by atoms with Crippen molar-refractivity contribution in [3.05, 3.63) is 64.9 Å². The Bertz CT molecular complexity index is 992. The molecule has 1 aromatic heterocycles. The number of thiazole rings is 1. The Morgan fingerprint density at radius 2 is 1.90 bits per heavy atom. The standard InChI is InChI=1S/C22H23FN2O3S2/c1-14(21(26)24-11-15-4-7-17(23)8-5-15)29-12-18-13-30-22(25-18)16-6-9-19(27-2)20(10-16)28-3/h4-10,13-14H,11-12H2,1-3H3,(H,24,26). The zero-order chi connectivity index (χ0) is 21.5. The lowest BCUT2D eigenvalue weighted by Gasteiger charge is -2.11. The molecule has 0 bridgehead atoms. The minimum atomic E-state index is -0.287. The Morgan fingerprint density at radius 1 is 1.17 bits per heavy atom. The number of nitrogens with zero attached hydrogens (tertiary/aromatic N) is 1. The lowest BCUT2D eigenvalue weighted by molar-refractivity contribution is -0.120. The number of ether oxygens (including phenoxy) is 2. The van der Waals surface area contributed by atoms with Crippen molar-refractivity contribution in [2.75, 3.05) is 14.2 Å². The van der Waals surface area contributed by atoms with E-state index in [0.29, 0.717) is 23.8 Å². The molecule has 158 valence electrons. The molecule has 1 unspecified atom stereocenters. The number of halogens is 1. The van der Waals surface area contributed by atoms with E-state index in [1.54, 1.807) is 37.7 Å². The van der Waals surface area contributed by atoms with Crippen LogP contribution in [0.25, 0.3) is 10.6 Å². The van der Waals surface area contributed by atoms with Crippen molar-refractivity contribution in [1.82, 2.24) is 10.3 Å². The van der Waals surface area contributed by atoms with Gasteiger partial charge in [-0.15, -0.1) is 23.1 Å². The lowest BCUT2D eigenvalue weighted by atomic mass is 10.2. The van der Waals surface area contributed by atoms with Crippen molar-refractivity contribution < 1.29 is 18.7 Å². The number of hydrogen-bond donors (Lipinski definition) is 1. The van der Waals surface area contributed by atoms with Gasteiger partial charge in [0.05, 0.1) is 25.2 Å². The summed E-state index contributed by atoms with van der Waals surface area (Å²) in [5, 5.41) is 5.55. The maximum atomic E-state index is 12.9. The number of rotatable bonds is 9. The van der Waals surface area contributed by atoms with Gasteiger partial charge in [0.25, 0.3) is 0 Å². The van der Waals surface area contributed by atoms with Crippen molar-refractivity contribution in [2.24, 2.45) is 0 Å². The number of thioether (sulfide) groups is 1. The summed E-state index contributed by atoms with van der Waals surface area (Å²) in [6, 6.07) is 11.8. The third kappa shape index (κ3) is 5.73. The molecule has 0 saturated carbocycles. The predicted molar refractivity (Wildman–Crippen MR) is 120 cm³/mol. The van der Waals surface area contributed by atoms with Crippen molar-refractivity contribution in [3.63, 3.8) is 0 Å². The van der Waals surface area contributed by atoms with Gasteiger partial charge in [-0.1, -0.05) is 12.1 Å². The van der Waals surface area contributed by atoms with E-state index in [1.807, 2.05) is 30.5 Å². The van der Waals surface area contributed by atoms with Gasteiger partial charge in [-0.25, -0.2) is 9.37 Å². The van der Waals surface area contributed by atoms with Crippen LogP contribution in [0.5, 0.6) is 11.5 Å². The summed E-state index contributed by atoms with van der Waals surface area (Å²) in [7, 11) is 3.21. The summed E-state index contributed by atoms with van der Waals surface area (Å²) in [5.41, 5.74) is 2.74. The van der Waals surface area contributed by atoms with Crippen LogP contribution in [0.1, 0.15) is 18.2 Å². The molecule has 0 radical (unpaired) electrons. The van der Waals surface area contributed by atoms with Gasteiger partial charge in [0.2, 0.25) is 5.91 Å². The first-order valence-electron chi connectivity index (χ1n) is 9.30. The van der Waals surface area contributed by atoms with Crippen LogP contribution in [0.4, 0.5) is 4.39 Å². The fourth-order valence-corrected chi connectivity index (χ4v) is 4.42. The molecule has 0 spiro atoms. The molecule has 0 aliphatic heterocycles. The maximum Gasteiger partial charge on any atom is 0.233 e. The Morgan fingerprint density at radius 3 is 2.60 bits per heavy atom. The minimum Gasteiger partial charge on any atom is -0.493 e. The lowest BCUT2D eigenvalue weighted by Crippen LogP contribution is -2.30. The van der Waals surface area contributed by atoms with E-state index in [1.165, 1.54) is 23.9 Å². The molecule has 3 rings (SSSR count). The van der Waals surface area contributed by atoms with E-state index in [4.69, 9.17) is 9.47 Å². The highest BCUT2D eigenvalue weighted by Gasteiger charge is 2.15. The zero-order valence-corrected chi connectivity index (χ0v) is 18.6. The number of hydrogen-bond acceptors (Lipinski definition) is 6. The summed E-state index contributed by atoms with van der Waals surface area (Å²) in [5.74, 6) is 1.63. The molecule has 30 heavy (non-hydrogen) atoms. The van der Waals surface area contributed by atoms with Crippen LogP contribution in [-0.4, -0.2) is 30.4 Å². The van der Waals surface area contributed by atoms with E-state index in [0.717, 1.165) is 21.8 Å². The smallest absolute Gasteiger partial charge is 0.233 e. The fraction of sp³-hybridized carbons (Fsp3) is 0.273. The Hall–Kier alpha value is -2.58. The largest absolute Gasteiger partial charge is 0.493 e. The van der Waals surface area contributed by atoms with Crippen molar-refractivity contribution in [2.45, 2.75) is 24.5 Å². The predicted octanol–water partition coefficient (Wildman–Crippen LogP) is 4.90. The van der Waals surface area contributed by atoms with Gasteiger partial charge in [0.1, 0.15) is 10.8 Å². The number of carbonyl (C=O) groups excluding carboxylic acids is 1. The molecule has 0 aliphatic rings. The third-order valence-electron chi connectivity index (χ3n) is 4.41. The molecular weight excluding hydrogens is 423 g/mol. The van der Waals surface area contributed by atoms with Gasteiger partial charge >= 0.3 is 0 Å². The van der Waals surface area contributed by atoms with Gasteiger partial charge in [-0.05, 0) is 42.8 Å². The van der Waals surface area contributed by atoms with Crippen LogP contribution >= 0.6 is 23.1 Å². The molecule has 1 N–H and O–H groups in total. The monoisotopic (exact) mass is 446 g/mol. The molecule has 3 aromatic rings. The molecule has 0 fully saturated rings. The number of nitrogens with one attached hydrogen (secondary N) is 1. The van der Waals surface area contributed by atoms with E-state index >= 15 is 0 Å². The van der Waals surface area contributed by atoms with Crippen molar-refractivity contribution in [1.29, 1.82) is 0 Å². The first-order chi connectivity index (χ1) is 14.5. The highest BCUT2D eigenvalue weighted by atomic mass is 32.2. The molecule has 0 saturated heterocycles. The van der Waals surface area contributed by atoms with Crippen LogP contribution in [-0.2, 0) is 17.1 Å². The minimum absolute atomic E-state index is 0.0559. The summed E-state index contributed by atoms with van der Waals surface area (Å²) >= 11 is 3.08. The average molecular weight is 447 g/mol. The van der Waals surface area contributed by atoms with Gasteiger partial charge in [0.15, 0.2) is 11.5 Å². The molecule has 1 amide bonds. The van der Waals surface area contributed by atoms with Crippen LogP contribution in [0.3, 0.4) is 0 Å². The van der Waals surface area contributed by atoms with Crippen LogP contribution in [0.2, 0.25) is 0 Å². The van der Waals surface area contributed by atoms with Crippen LogP contribution in [0, 0.1) is 5.82 Å². The average Bonchev–Trinajstić information content (AvgIpc) is 3.25. The Kier molecular flexibility index (Phi) is 7.70. The molecule has 0 aliphatic carbocycles. The summed E-state index contributed by atoms with van der Waals surface area (Å²) < 4.78 is 23.6. The second kappa shape index (κ2) is 10.4. The fourth-order valence-electron chi connectivity index (χ4n) is 2.70. The van der Waals surface area contributed by atoms with E-state index in [9.17, 15) is 9.18 Å². The van der Waals surface area contributed by atoms with E-state index < -0.39 is 0 Å². The topological polar surface area (TPSA) is 60.5 Å². The third-order valence-corrected chi connectivity index (χ3v) is 6.53. The zero-order valence-electron chi connectivity index (χ0n) is 17.0. The van der Waals surface area contributed by atoms with Crippen molar-refractivity contribution in [3.8, 4) is 22.1 Å². The van der Waals surface area contributed by atoms with Gasteiger partial charge in [-0.2, -0.15) is 0 Å². The summed E-state index contributed by atoms with van der Waals surface area (Å²) in [6.07, 6.45) is 0. The normalized spacial score (nSPS) is 11.7. The summed E-state index contributed by atoms with van der Waals surface area (Å²) in [4.78, 5) is 17.0. The Balaban J connectivity index is 1.53. The van der Waals surface area contributed by atoms with Gasteiger partial charge in [0, 0.05) is 23.2 Å². The van der Waals surface area contributed by atoms with Crippen LogP contribution in [0.15, 0.2) is 47.8 Å². The number of benzene rings is 2. The highest BCUT2D eigenvalue weighted by molar-refractivity contribution is 7.99. The molecule has 2 aromatic carbocycles. The van der Waals surface area contributed by atoms with Gasteiger partial charge < -0.3 is 14.8 Å². The number of aromatic nitrogens is 1. The van der Waals surface area contributed by atoms with E-state index in [2.05, 4.69) is 10.3 Å².